The summed E-state index contributed by atoms with van der Waals surface area (Å²) in [6.45, 7) is 0.490. The molecule has 1 atom stereocenters. The lowest BCUT2D eigenvalue weighted by Gasteiger charge is -2.23. The highest BCUT2D eigenvalue weighted by atomic mass is 35.5. The van der Waals surface area contributed by atoms with E-state index >= 15 is 0 Å². The van der Waals surface area contributed by atoms with Crippen molar-refractivity contribution in [3.63, 3.8) is 0 Å². The third-order valence-electron chi connectivity index (χ3n) is 5.16. The minimum atomic E-state index is -0.427. The van der Waals surface area contributed by atoms with E-state index in [1.807, 2.05) is 48.5 Å². The lowest BCUT2D eigenvalue weighted by molar-refractivity contribution is -0.134. The molecule has 0 saturated carbocycles. The highest BCUT2D eigenvalue weighted by Crippen LogP contribution is 2.37. The minimum absolute atomic E-state index is 0.0448. The number of nitrogens with zero attached hydrogens (tertiary/aromatic N) is 1. The highest BCUT2D eigenvalue weighted by molar-refractivity contribution is 6.34. The molecule has 0 radical (unpaired) electrons. The van der Waals surface area contributed by atoms with E-state index in [-0.39, 0.29) is 17.4 Å². The topological polar surface area (TPSA) is 68.2 Å². The smallest absolute Gasteiger partial charge is 0.250 e. The van der Waals surface area contributed by atoms with E-state index in [2.05, 4.69) is 5.32 Å². The predicted molar refractivity (Wildman–Crippen MR) is 112 cm³/mol. The standard InChI is InChI=1S/C23H19ClN2O3/c24-22-17(4-3-5-18(22)19-11-12-20(27)25-23(19)29)16-9-7-15(8-10-16)14-26-13-2-1-6-21(26)28/h1-10,13,19H,11-12,14H2,(H,25,27,29)/t19-/m0/s1. The Morgan fingerprint density at radius 2 is 1.76 bits per heavy atom. The Morgan fingerprint density at radius 1 is 0.966 bits per heavy atom. The lowest BCUT2D eigenvalue weighted by Crippen LogP contribution is -2.39. The Balaban J connectivity index is 1.60. The first-order chi connectivity index (χ1) is 14.0. The monoisotopic (exact) mass is 406 g/mol. The van der Waals surface area contributed by atoms with E-state index < -0.39 is 5.92 Å². The number of carbonyl (C=O) groups excluding carboxylic acids is 2. The summed E-state index contributed by atoms with van der Waals surface area (Å²) in [4.78, 5) is 35.5. The van der Waals surface area contributed by atoms with Gasteiger partial charge in [-0.25, -0.2) is 0 Å². The van der Waals surface area contributed by atoms with Gasteiger partial charge in [-0.1, -0.05) is 60.1 Å². The molecule has 2 aromatic carbocycles. The number of nitrogens with one attached hydrogen (secondary N) is 1. The molecule has 1 aliphatic heterocycles. The van der Waals surface area contributed by atoms with Crippen LogP contribution in [-0.4, -0.2) is 16.4 Å². The molecule has 6 heteroatoms. The molecular weight excluding hydrogens is 388 g/mol. The molecule has 1 N–H and O–H groups in total. The van der Waals surface area contributed by atoms with Gasteiger partial charge in [0.2, 0.25) is 11.8 Å². The maximum absolute atomic E-state index is 12.2. The molecule has 146 valence electrons. The highest BCUT2D eigenvalue weighted by Gasteiger charge is 2.30. The van der Waals surface area contributed by atoms with Crippen LogP contribution in [0.1, 0.15) is 29.9 Å². The maximum atomic E-state index is 12.2. The summed E-state index contributed by atoms with van der Waals surface area (Å²) < 4.78 is 1.64. The predicted octanol–water partition coefficient (Wildman–Crippen LogP) is 3.74. The quantitative estimate of drug-likeness (QED) is 0.671. The van der Waals surface area contributed by atoms with Crippen LogP contribution in [0, 0.1) is 0 Å². The molecule has 2 heterocycles. The van der Waals surface area contributed by atoms with Crippen LogP contribution >= 0.6 is 11.6 Å². The zero-order valence-corrected chi connectivity index (χ0v) is 16.4. The van der Waals surface area contributed by atoms with E-state index in [9.17, 15) is 14.4 Å². The van der Waals surface area contributed by atoms with Gasteiger partial charge in [0.1, 0.15) is 0 Å². The number of benzene rings is 2. The summed E-state index contributed by atoms with van der Waals surface area (Å²) in [7, 11) is 0. The van der Waals surface area contributed by atoms with E-state index in [1.54, 1.807) is 16.8 Å². The zero-order chi connectivity index (χ0) is 20.4. The zero-order valence-electron chi connectivity index (χ0n) is 15.6. The van der Waals surface area contributed by atoms with Crippen molar-refractivity contribution in [3.05, 3.63) is 93.4 Å². The number of pyridine rings is 1. The molecule has 1 aromatic heterocycles. The average molecular weight is 407 g/mol. The molecule has 0 spiro atoms. The van der Waals surface area contributed by atoms with Crippen molar-refractivity contribution in [2.45, 2.75) is 25.3 Å². The molecule has 5 nitrogen and oxygen atoms in total. The molecule has 1 fully saturated rings. The summed E-state index contributed by atoms with van der Waals surface area (Å²) in [5, 5.41) is 2.91. The third kappa shape index (κ3) is 4.00. The average Bonchev–Trinajstić information content (AvgIpc) is 2.71. The molecule has 0 unspecified atom stereocenters. The Labute approximate surface area is 172 Å². The van der Waals surface area contributed by atoms with Crippen LogP contribution in [0.4, 0.5) is 0 Å². The van der Waals surface area contributed by atoms with Crippen LogP contribution in [0.5, 0.6) is 0 Å². The van der Waals surface area contributed by atoms with Gasteiger partial charge in [0.25, 0.3) is 5.56 Å². The third-order valence-corrected chi connectivity index (χ3v) is 5.58. The number of halogens is 1. The van der Waals surface area contributed by atoms with Gasteiger partial charge >= 0.3 is 0 Å². The second kappa shape index (κ2) is 8.05. The fourth-order valence-corrected chi connectivity index (χ4v) is 3.98. The summed E-state index contributed by atoms with van der Waals surface area (Å²) in [5.41, 5.74) is 3.44. The summed E-state index contributed by atoms with van der Waals surface area (Å²) in [6, 6.07) is 18.5. The molecule has 2 amide bonds. The number of amides is 2. The van der Waals surface area contributed by atoms with Gasteiger partial charge in [-0.2, -0.15) is 0 Å². The summed E-state index contributed by atoms with van der Waals surface area (Å²) >= 11 is 6.66. The molecule has 4 rings (SSSR count). The van der Waals surface area contributed by atoms with Gasteiger partial charge in [0, 0.05) is 24.2 Å². The second-order valence-electron chi connectivity index (χ2n) is 7.08. The van der Waals surface area contributed by atoms with Crippen LogP contribution in [0.25, 0.3) is 11.1 Å². The van der Waals surface area contributed by atoms with Gasteiger partial charge in [-0.15, -0.1) is 0 Å². The van der Waals surface area contributed by atoms with E-state index in [1.165, 1.54) is 6.07 Å². The number of hydrogen-bond acceptors (Lipinski definition) is 3. The SMILES string of the molecule is O=C1CC[C@@H](c2cccc(-c3ccc(Cn4ccccc4=O)cc3)c2Cl)C(=O)N1. The first-order valence-corrected chi connectivity index (χ1v) is 9.77. The lowest BCUT2D eigenvalue weighted by atomic mass is 9.88. The molecule has 1 saturated heterocycles. The fraction of sp³-hybridized carbons (Fsp3) is 0.174. The first-order valence-electron chi connectivity index (χ1n) is 9.40. The van der Waals surface area contributed by atoms with Gasteiger partial charge in [-0.3, -0.25) is 19.7 Å². The van der Waals surface area contributed by atoms with Crippen molar-refractivity contribution in [2.24, 2.45) is 0 Å². The van der Waals surface area contributed by atoms with Crippen molar-refractivity contribution in [1.29, 1.82) is 0 Å². The van der Waals surface area contributed by atoms with Crippen molar-refractivity contribution in [1.82, 2.24) is 9.88 Å². The molecule has 1 aliphatic rings. The molecule has 3 aromatic rings. The number of piperidine rings is 1. The molecular formula is C23H19ClN2O3. The number of imide groups is 1. The van der Waals surface area contributed by atoms with Crippen molar-refractivity contribution >= 4 is 23.4 Å². The Hall–Kier alpha value is -3.18. The number of aromatic nitrogens is 1. The second-order valence-corrected chi connectivity index (χ2v) is 7.45. The van der Waals surface area contributed by atoms with Crippen LogP contribution in [0.3, 0.4) is 0 Å². The van der Waals surface area contributed by atoms with Crippen LogP contribution in [0.15, 0.2) is 71.7 Å². The van der Waals surface area contributed by atoms with Crippen LogP contribution in [0.2, 0.25) is 5.02 Å². The minimum Gasteiger partial charge on any atom is -0.311 e. The molecule has 0 bridgehead atoms. The fourth-order valence-electron chi connectivity index (χ4n) is 3.61. The summed E-state index contributed by atoms with van der Waals surface area (Å²) in [5.74, 6) is -0.972. The largest absolute Gasteiger partial charge is 0.311 e. The van der Waals surface area contributed by atoms with E-state index in [4.69, 9.17) is 11.6 Å². The van der Waals surface area contributed by atoms with Crippen molar-refractivity contribution in [3.8, 4) is 11.1 Å². The first kappa shape index (κ1) is 19.2. The number of hydrogen-bond donors (Lipinski definition) is 1. The van der Waals surface area contributed by atoms with Crippen molar-refractivity contribution < 1.29 is 9.59 Å². The van der Waals surface area contributed by atoms with Crippen molar-refractivity contribution in [2.75, 3.05) is 0 Å². The van der Waals surface area contributed by atoms with Gasteiger partial charge < -0.3 is 4.57 Å². The van der Waals surface area contributed by atoms with Gasteiger partial charge in [0.05, 0.1) is 17.5 Å². The molecule has 29 heavy (non-hydrogen) atoms. The number of carbonyl (C=O) groups is 2. The molecule has 0 aliphatic carbocycles. The van der Waals surface area contributed by atoms with Crippen LogP contribution in [-0.2, 0) is 16.1 Å². The maximum Gasteiger partial charge on any atom is 0.250 e. The summed E-state index contributed by atoms with van der Waals surface area (Å²) in [6.07, 6.45) is 2.53. The Morgan fingerprint density at radius 3 is 2.48 bits per heavy atom. The van der Waals surface area contributed by atoms with Crippen LogP contribution < -0.4 is 10.9 Å². The van der Waals surface area contributed by atoms with E-state index in [0.717, 1.165) is 22.3 Å². The number of rotatable bonds is 4. The Bertz CT molecular complexity index is 1140. The normalized spacial score (nSPS) is 16.5. The van der Waals surface area contributed by atoms with Gasteiger partial charge in [0.15, 0.2) is 0 Å². The Kier molecular flexibility index (Phi) is 5.32. The van der Waals surface area contributed by atoms with Gasteiger partial charge in [-0.05, 0) is 29.2 Å². The van der Waals surface area contributed by atoms with E-state index in [0.29, 0.717) is 24.4 Å².